The summed E-state index contributed by atoms with van der Waals surface area (Å²) in [4.78, 5) is 19.7. The van der Waals surface area contributed by atoms with Crippen molar-refractivity contribution in [2.45, 2.75) is 19.4 Å². The summed E-state index contributed by atoms with van der Waals surface area (Å²) in [5.74, 6) is -0.835. The number of benzene rings is 1. The molecule has 0 spiro atoms. The third kappa shape index (κ3) is 4.22. The molecule has 0 radical (unpaired) electrons. The molecule has 4 aromatic rings. The zero-order valence-corrected chi connectivity index (χ0v) is 19.5. The fourth-order valence-electron chi connectivity index (χ4n) is 4.62. The van der Waals surface area contributed by atoms with Gasteiger partial charge < -0.3 is 24.7 Å². The highest BCUT2D eigenvalue weighted by molar-refractivity contribution is 6.13. The van der Waals surface area contributed by atoms with Gasteiger partial charge in [-0.1, -0.05) is 0 Å². The largest absolute Gasteiger partial charge is 0.383 e. The number of nitrogens with zero attached hydrogens (tertiary/aromatic N) is 5. The maximum Gasteiger partial charge on any atom is 0.257 e. The molecule has 1 atom stereocenters. The van der Waals surface area contributed by atoms with Crippen molar-refractivity contribution in [2.75, 3.05) is 43.6 Å². The first-order valence-electron chi connectivity index (χ1n) is 11.3. The van der Waals surface area contributed by atoms with Crippen molar-refractivity contribution in [2.24, 2.45) is 7.05 Å². The van der Waals surface area contributed by atoms with E-state index in [1.54, 1.807) is 41.6 Å². The lowest BCUT2D eigenvalue weighted by Crippen LogP contribution is -2.34. The van der Waals surface area contributed by atoms with Gasteiger partial charge in [-0.2, -0.15) is 5.10 Å². The van der Waals surface area contributed by atoms with E-state index >= 15 is 0 Å². The van der Waals surface area contributed by atoms with Crippen LogP contribution in [-0.4, -0.2) is 64.5 Å². The molecule has 3 aromatic heterocycles. The minimum absolute atomic E-state index is 0.229. The molecule has 178 valence electrons. The fourth-order valence-corrected chi connectivity index (χ4v) is 4.62. The molecule has 4 heterocycles. The summed E-state index contributed by atoms with van der Waals surface area (Å²) in [5, 5.41) is 11.8. The topological polar surface area (TPSA) is 88.7 Å². The fraction of sp³-hybridized carbons (Fsp3) is 0.375. The number of anilines is 2. The molecule has 2 N–H and O–H groups in total. The third-order valence-electron chi connectivity index (χ3n) is 6.17. The molecule has 0 unspecified atom stereocenters. The summed E-state index contributed by atoms with van der Waals surface area (Å²) >= 11 is 0. The first-order valence-corrected chi connectivity index (χ1v) is 11.3. The van der Waals surface area contributed by atoms with Gasteiger partial charge in [-0.25, -0.2) is 9.37 Å². The van der Waals surface area contributed by atoms with Gasteiger partial charge in [0, 0.05) is 75.6 Å². The van der Waals surface area contributed by atoms with Gasteiger partial charge in [0.1, 0.15) is 5.52 Å². The van der Waals surface area contributed by atoms with Crippen LogP contribution in [0.15, 0.2) is 36.8 Å². The van der Waals surface area contributed by atoms with Gasteiger partial charge in [-0.15, -0.1) is 0 Å². The molecular weight excluding hydrogens is 437 g/mol. The van der Waals surface area contributed by atoms with Crippen molar-refractivity contribution in [1.29, 1.82) is 0 Å². The highest BCUT2D eigenvalue weighted by atomic mass is 19.1. The lowest BCUT2D eigenvalue weighted by Gasteiger charge is -2.20. The molecule has 9 nitrogen and oxygen atoms in total. The lowest BCUT2D eigenvalue weighted by atomic mass is 10.1. The number of fused-ring (bicyclic) bond motifs is 2. The first kappa shape index (κ1) is 22.3. The Kier molecular flexibility index (Phi) is 5.93. The number of amides is 1. The SMILES string of the molecule is COCCN[C@@H]1CCN(c2ccc(C(=O)Nc3cc(F)c4nc(C)cn4c3)c3nn(C)cc23)C1. The zero-order chi connectivity index (χ0) is 23.8. The van der Waals surface area contributed by atoms with Crippen LogP contribution in [0.25, 0.3) is 16.6 Å². The predicted molar refractivity (Wildman–Crippen MR) is 129 cm³/mol. The van der Waals surface area contributed by atoms with Crippen molar-refractivity contribution in [1.82, 2.24) is 24.5 Å². The molecule has 0 saturated carbocycles. The monoisotopic (exact) mass is 465 g/mol. The van der Waals surface area contributed by atoms with Gasteiger partial charge in [0.2, 0.25) is 0 Å². The number of pyridine rings is 1. The Labute approximate surface area is 196 Å². The van der Waals surface area contributed by atoms with Crippen LogP contribution in [0.1, 0.15) is 22.5 Å². The van der Waals surface area contributed by atoms with Crippen LogP contribution in [0.2, 0.25) is 0 Å². The van der Waals surface area contributed by atoms with Crippen molar-refractivity contribution >= 4 is 33.8 Å². The first-order chi connectivity index (χ1) is 16.4. The maximum atomic E-state index is 14.5. The predicted octanol–water partition coefficient (Wildman–Crippen LogP) is 2.74. The standard InChI is InChI=1S/C24H28FN7O2/c1-15-11-32-13-17(10-20(25)23(32)27-15)28-24(33)18-4-5-21(19-14-30(2)29-22(18)19)31-8-6-16(12-31)26-7-9-34-3/h4-5,10-11,13-14,16,26H,6-9,12H2,1-3H3,(H,28,33)/t16-/m1/s1. The Morgan fingerprint density at radius 1 is 1.29 bits per heavy atom. The number of halogens is 1. The third-order valence-corrected chi connectivity index (χ3v) is 6.17. The summed E-state index contributed by atoms with van der Waals surface area (Å²) < 4.78 is 22.9. The number of imidazole rings is 1. The van der Waals surface area contributed by atoms with E-state index in [1.165, 1.54) is 6.07 Å². The number of hydrogen-bond donors (Lipinski definition) is 2. The van der Waals surface area contributed by atoms with E-state index in [-0.39, 0.29) is 11.6 Å². The van der Waals surface area contributed by atoms with E-state index in [9.17, 15) is 9.18 Å². The summed E-state index contributed by atoms with van der Waals surface area (Å²) in [6, 6.07) is 5.44. The van der Waals surface area contributed by atoms with Crippen LogP contribution in [0.4, 0.5) is 15.8 Å². The summed E-state index contributed by atoms with van der Waals surface area (Å²) in [5.41, 5.74) is 3.39. The Hall–Kier alpha value is -3.50. The normalized spacial score (nSPS) is 16.1. The minimum atomic E-state index is -0.494. The van der Waals surface area contributed by atoms with E-state index in [2.05, 4.69) is 25.6 Å². The van der Waals surface area contributed by atoms with Gasteiger partial charge >= 0.3 is 0 Å². The van der Waals surface area contributed by atoms with Gasteiger partial charge in [-0.05, 0) is 25.5 Å². The van der Waals surface area contributed by atoms with E-state index in [1.807, 2.05) is 19.3 Å². The molecule has 10 heteroatoms. The number of aryl methyl sites for hydroxylation is 2. The van der Waals surface area contributed by atoms with Crippen molar-refractivity contribution in [3.05, 3.63) is 53.9 Å². The van der Waals surface area contributed by atoms with Gasteiger partial charge in [0.25, 0.3) is 5.91 Å². The number of ether oxygens (including phenoxy) is 1. The summed E-state index contributed by atoms with van der Waals surface area (Å²) in [6.45, 7) is 5.10. The van der Waals surface area contributed by atoms with Crippen LogP contribution in [0.5, 0.6) is 0 Å². The quantitative estimate of drug-likeness (QED) is 0.408. The van der Waals surface area contributed by atoms with Crippen molar-refractivity contribution < 1.29 is 13.9 Å². The minimum Gasteiger partial charge on any atom is -0.383 e. The Balaban J connectivity index is 1.40. The maximum absolute atomic E-state index is 14.5. The number of methoxy groups -OCH3 is 1. The zero-order valence-electron chi connectivity index (χ0n) is 19.5. The molecule has 1 fully saturated rings. The molecular formula is C24H28FN7O2. The van der Waals surface area contributed by atoms with Crippen molar-refractivity contribution in [3.8, 4) is 0 Å². The van der Waals surface area contributed by atoms with E-state index in [4.69, 9.17) is 4.74 Å². The molecule has 1 aliphatic rings. The second-order valence-electron chi connectivity index (χ2n) is 8.72. The smallest absolute Gasteiger partial charge is 0.257 e. The average molecular weight is 466 g/mol. The van der Waals surface area contributed by atoms with Crippen molar-refractivity contribution in [3.63, 3.8) is 0 Å². The molecule has 1 aromatic carbocycles. The summed E-state index contributed by atoms with van der Waals surface area (Å²) in [7, 11) is 3.54. The second-order valence-corrected chi connectivity index (χ2v) is 8.72. The molecule has 34 heavy (non-hydrogen) atoms. The van der Waals surface area contributed by atoms with E-state index < -0.39 is 5.82 Å². The highest BCUT2D eigenvalue weighted by Crippen LogP contribution is 2.31. The van der Waals surface area contributed by atoms with E-state index in [0.29, 0.717) is 35.1 Å². The van der Waals surface area contributed by atoms with E-state index in [0.717, 1.165) is 37.1 Å². The number of carbonyl (C=O) groups excluding carboxylic acids is 1. The van der Waals surface area contributed by atoms with Crippen LogP contribution in [0.3, 0.4) is 0 Å². The molecule has 1 aliphatic heterocycles. The number of hydrogen-bond acceptors (Lipinski definition) is 6. The molecule has 1 amide bonds. The van der Waals surface area contributed by atoms with Gasteiger partial charge in [0.05, 0.1) is 23.6 Å². The Morgan fingerprint density at radius 3 is 2.97 bits per heavy atom. The molecule has 0 aliphatic carbocycles. The molecule has 1 saturated heterocycles. The number of carbonyl (C=O) groups is 1. The Bertz CT molecular complexity index is 1360. The summed E-state index contributed by atoms with van der Waals surface area (Å²) in [6.07, 6.45) is 6.34. The lowest BCUT2D eigenvalue weighted by molar-refractivity contribution is 0.102. The highest BCUT2D eigenvalue weighted by Gasteiger charge is 2.25. The van der Waals surface area contributed by atoms with Gasteiger partial charge in [-0.3, -0.25) is 9.48 Å². The van der Waals surface area contributed by atoms with Crippen LogP contribution < -0.4 is 15.5 Å². The van der Waals surface area contributed by atoms with Crippen LogP contribution >= 0.6 is 0 Å². The van der Waals surface area contributed by atoms with Crippen LogP contribution in [0, 0.1) is 12.7 Å². The molecule has 5 rings (SSSR count). The Morgan fingerprint density at radius 2 is 2.15 bits per heavy atom. The second kappa shape index (κ2) is 9.03. The van der Waals surface area contributed by atoms with Crippen LogP contribution in [-0.2, 0) is 11.8 Å². The number of nitrogens with one attached hydrogen (secondary N) is 2. The average Bonchev–Trinajstić information content (AvgIpc) is 3.50. The number of aromatic nitrogens is 4. The van der Waals surface area contributed by atoms with Gasteiger partial charge in [0.15, 0.2) is 11.5 Å². The molecule has 0 bridgehead atoms. The number of rotatable bonds is 7.